The van der Waals surface area contributed by atoms with E-state index in [1.165, 1.54) is 0 Å². The molecule has 1 heterocycles. The van der Waals surface area contributed by atoms with Crippen molar-refractivity contribution in [3.05, 3.63) is 33.7 Å². The molecule has 0 spiro atoms. The first-order chi connectivity index (χ1) is 8.46. The first-order valence-corrected chi connectivity index (χ1v) is 6.22. The van der Waals surface area contributed by atoms with E-state index in [4.69, 9.17) is 5.26 Å². The van der Waals surface area contributed by atoms with Crippen molar-refractivity contribution in [2.45, 2.75) is 26.3 Å². The summed E-state index contributed by atoms with van der Waals surface area (Å²) in [6, 6.07) is 3.64. The average Bonchev–Trinajstić information content (AvgIpc) is 3.01. The highest BCUT2D eigenvalue weighted by Gasteiger charge is 2.43. The highest BCUT2D eigenvalue weighted by atomic mass is 16.1. The van der Waals surface area contributed by atoms with Crippen LogP contribution in [-0.4, -0.2) is 30.1 Å². The zero-order chi connectivity index (χ0) is 13.3. The van der Waals surface area contributed by atoms with Gasteiger partial charge >= 0.3 is 0 Å². The highest BCUT2D eigenvalue weighted by molar-refractivity contribution is 5.29. The zero-order valence-corrected chi connectivity index (χ0v) is 11.2. The van der Waals surface area contributed by atoms with Gasteiger partial charge in [-0.25, -0.2) is 0 Å². The molecule has 1 aliphatic carbocycles. The molecule has 0 radical (unpaired) electrons. The SMILES string of the molecule is Cc1cc(C#N)c(=O)n(CC2(CN(C)C)CC2)c1. The van der Waals surface area contributed by atoms with Crippen molar-refractivity contribution in [2.24, 2.45) is 5.41 Å². The van der Waals surface area contributed by atoms with Crippen molar-refractivity contribution in [3.63, 3.8) is 0 Å². The quantitative estimate of drug-likeness (QED) is 0.805. The maximum atomic E-state index is 12.1. The minimum atomic E-state index is -0.159. The van der Waals surface area contributed by atoms with Crippen LogP contribution >= 0.6 is 0 Å². The van der Waals surface area contributed by atoms with Gasteiger partial charge in [0, 0.05) is 24.7 Å². The molecule has 0 amide bonds. The van der Waals surface area contributed by atoms with Crippen molar-refractivity contribution < 1.29 is 0 Å². The molecule has 0 N–H and O–H groups in total. The molecule has 0 saturated heterocycles. The molecule has 1 fully saturated rings. The smallest absolute Gasteiger partial charge is 0.268 e. The Kier molecular flexibility index (Phi) is 3.27. The molecule has 0 bridgehead atoms. The van der Waals surface area contributed by atoms with Crippen LogP contribution in [0, 0.1) is 23.7 Å². The Morgan fingerprint density at radius 3 is 2.67 bits per heavy atom. The number of hydrogen-bond donors (Lipinski definition) is 0. The van der Waals surface area contributed by atoms with E-state index < -0.39 is 0 Å². The van der Waals surface area contributed by atoms with Gasteiger partial charge in [-0.3, -0.25) is 4.79 Å². The molecule has 4 nitrogen and oxygen atoms in total. The Morgan fingerprint density at radius 2 is 2.17 bits per heavy atom. The number of nitriles is 1. The predicted molar refractivity (Wildman–Crippen MR) is 70.4 cm³/mol. The normalized spacial score (nSPS) is 16.6. The van der Waals surface area contributed by atoms with Crippen LogP contribution in [0.25, 0.3) is 0 Å². The summed E-state index contributed by atoms with van der Waals surface area (Å²) in [7, 11) is 4.11. The lowest BCUT2D eigenvalue weighted by Crippen LogP contribution is -2.32. The third kappa shape index (κ3) is 2.62. The number of aryl methyl sites for hydroxylation is 1. The Balaban J connectivity index is 2.28. The van der Waals surface area contributed by atoms with Gasteiger partial charge < -0.3 is 9.47 Å². The molecule has 0 aromatic carbocycles. The molecule has 1 aromatic heterocycles. The third-order valence-electron chi connectivity index (χ3n) is 3.46. The van der Waals surface area contributed by atoms with Gasteiger partial charge in [0.1, 0.15) is 11.6 Å². The van der Waals surface area contributed by atoms with E-state index in [2.05, 4.69) is 19.0 Å². The van der Waals surface area contributed by atoms with Crippen LogP contribution in [0.3, 0.4) is 0 Å². The maximum absolute atomic E-state index is 12.1. The summed E-state index contributed by atoms with van der Waals surface area (Å²) in [4.78, 5) is 14.2. The average molecular weight is 245 g/mol. The number of aromatic nitrogens is 1. The van der Waals surface area contributed by atoms with E-state index in [0.29, 0.717) is 0 Å². The van der Waals surface area contributed by atoms with E-state index in [1.54, 1.807) is 10.6 Å². The van der Waals surface area contributed by atoms with Gasteiger partial charge in [0.25, 0.3) is 5.56 Å². The largest absolute Gasteiger partial charge is 0.314 e. The number of rotatable bonds is 4. The van der Waals surface area contributed by atoms with Gasteiger partial charge in [0.05, 0.1) is 0 Å². The molecule has 1 saturated carbocycles. The first-order valence-electron chi connectivity index (χ1n) is 6.22. The fourth-order valence-corrected chi connectivity index (χ4v) is 2.56. The van der Waals surface area contributed by atoms with E-state index >= 15 is 0 Å². The van der Waals surface area contributed by atoms with E-state index in [0.717, 1.165) is 31.5 Å². The van der Waals surface area contributed by atoms with Crippen molar-refractivity contribution in [2.75, 3.05) is 20.6 Å². The summed E-state index contributed by atoms with van der Waals surface area (Å²) >= 11 is 0. The first kappa shape index (κ1) is 12.8. The lowest BCUT2D eigenvalue weighted by molar-refractivity contribution is 0.278. The Morgan fingerprint density at radius 1 is 1.50 bits per heavy atom. The van der Waals surface area contributed by atoms with Crippen LogP contribution in [0.5, 0.6) is 0 Å². The van der Waals surface area contributed by atoms with Gasteiger partial charge in [0.15, 0.2) is 0 Å². The fraction of sp³-hybridized carbons (Fsp3) is 0.571. The Labute approximate surface area is 107 Å². The number of pyridine rings is 1. The van der Waals surface area contributed by atoms with Crippen LogP contribution in [0.4, 0.5) is 0 Å². The Bertz CT molecular complexity index is 547. The summed E-state index contributed by atoms with van der Waals surface area (Å²) in [5.41, 5.74) is 1.28. The standard InChI is InChI=1S/C14H19N3O/c1-11-6-12(7-15)13(18)17(8-11)10-14(4-5-14)9-16(2)3/h6,8H,4-5,9-10H2,1-3H3. The maximum Gasteiger partial charge on any atom is 0.268 e. The van der Waals surface area contributed by atoms with Gasteiger partial charge in [-0.2, -0.15) is 5.26 Å². The highest BCUT2D eigenvalue weighted by Crippen LogP contribution is 2.47. The van der Waals surface area contributed by atoms with Crippen LogP contribution in [0.15, 0.2) is 17.1 Å². The zero-order valence-electron chi connectivity index (χ0n) is 11.2. The summed E-state index contributed by atoms with van der Waals surface area (Å²) < 4.78 is 1.71. The molecule has 96 valence electrons. The van der Waals surface area contributed by atoms with Crippen LogP contribution in [0.2, 0.25) is 0 Å². The van der Waals surface area contributed by atoms with Crippen molar-refractivity contribution >= 4 is 0 Å². The summed E-state index contributed by atoms with van der Waals surface area (Å²) in [6.07, 6.45) is 4.18. The lowest BCUT2D eigenvalue weighted by Gasteiger charge is -2.21. The third-order valence-corrected chi connectivity index (χ3v) is 3.46. The van der Waals surface area contributed by atoms with Gasteiger partial charge in [0.2, 0.25) is 0 Å². The second-order valence-corrected chi connectivity index (χ2v) is 5.71. The minimum absolute atomic E-state index is 0.159. The van der Waals surface area contributed by atoms with Gasteiger partial charge in [-0.1, -0.05) is 0 Å². The molecule has 2 rings (SSSR count). The molecular formula is C14H19N3O. The molecule has 4 heteroatoms. The van der Waals surface area contributed by atoms with E-state index in [1.807, 2.05) is 19.2 Å². The number of hydrogen-bond acceptors (Lipinski definition) is 3. The van der Waals surface area contributed by atoms with Crippen molar-refractivity contribution in [1.29, 1.82) is 5.26 Å². The molecule has 18 heavy (non-hydrogen) atoms. The minimum Gasteiger partial charge on any atom is -0.314 e. The van der Waals surface area contributed by atoms with Crippen LogP contribution in [-0.2, 0) is 6.54 Å². The summed E-state index contributed by atoms with van der Waals surface area (Å²) in [6.45, 7) is 3.64. The molecule has 0 aliphatic heterocycles. The molecular weight excluding hydrogens is 226 g/mol. The molecule has 1 aromatic rings. The Hall–Kier alpha value is -1.60. The summed E-state index contributed by atoms with van der Waals surface area (Å²) in [5.74, 6) is 0. The van der Waals surface area contributed by atoms with E-state index in [9.17, 15) is 4.79 Å². The van der Waals surface area contributed by atoms with Gasteiger partial charge in [-0.15, -0.1) is 0 Å². The van der Waals surface area contributed by atoms with Crippen LogP contribution in [0.1, 0.15) is 24.0 Å². The van der Waals surface area contributed by atoms with Crippen LogP contribution < -0.4 is 5.56 Å². The topological polar surface area (TPSA) is 49.0 Å². The van der Waals surface area contributed by atoms with Crippen molar-refractivity contribution in [3.8, 4) is 6.07 Å². The van der Waals surface area contributed by atoms with Crippen molar-refractivity contribution in [1.82, 2.24) is 9.47 Å². The second-order valence-electron chi connectivity index (χ2n) is 5.71. The molecule has 0 unspecified atom stereocenters. The lowest BCUT2D eigenvalue weighted by atomic mass is 10.1. The predicted octanol–water partition coefficient (Wildman–Crippen LogP) is 1.37. The molecule has 1 aliphatic rings. The second kappa shape index (κ2) is 4.58. The van der Waals surface area contributed by atoms with Gasteiger partial charge in [-0.05, 0) is 45.5 Å². The molecule has 0 atom stereocenters. The van der Waals surface area contributed by atoms with E-state index in [-0.39, 0.29) is 16.5 Å². The summed E-state index contributed by atoms with van der Waals surface area (Å²) in [5, 5.41) is 8.96. The monoisotopic (exact) mass is 245 g/mol. The number of nitrogens with zero attached hydrogens (tertiary/aromatic N) is 3. The fourth-order valence-electron chi connectivity index (χ4n) is 2.56.